The molecule has 0 bridgehead atoms. The van der Waals surface area contributed by atoms with Crippen LogP contribution in [0, 0.1) is 0 Å². The Kier molecular flexibility index (Phi) is 7.18. The maximum Gasteiger partial charge on any atom is 0.257 e. The van der Waals surface area contributed by atoms with Crippen molar-refractivity contribution < 1.29 is 22.7 Å². The number of sulfonamides is 1. The van der Waals surface area contributed by atoms with E-state index < -0.39 is 15.9 Å². The van der Waals surface area contributed by atoms with Gasteiger partial charge < -0.3 is 15.4 Å². The van der Waals surface area contributed by atoms with Gasteiger partial charge in [0.05, 0.1) is 11.4 Å². The van der Waals surface area contributed by atoms with E-state index in [0.717, 1.165) is 0 Å². The Labute approximate surface area is 158 Å². The molecule has 2 amide bonds. The van der Waals surface area contributed by atoms with Gasteiger partial charge in [0.1, 0.15) is 5.75 Å². The van der Waals surface area contributed by atoms with E-state index in [-0.39, 0.29) is 24.8 Å². The number of carbonyl (C=O) groups is 2. The number of hydrogen-bond donors (Lipinski definition) is 3. The smallest absolute Gasteiger partial charge is 0.257 e. The second kappa shape index (κ2) is 9.58. The average molecular weight is 391 g/mol. The summed E-state index contributed by atoms with van der Waals surface area (Å²) in [6, 6.07) is 15.2. The van der Waals surface area contributed by atoms with E-state index in [1.54, 1.807) is 42.5 Å². The molecule has 0 spiro atoms. The molecule has 9 heteroatoms. The summed E-state index contributed by atoms with van der Waals surface area (Å²) >= 11 is 0. The van der Waals surface area contributed by atoms with Gasteiger partial charge in [-0.25, -0.2) is 8.42 Å². The second-order valence-corrected chi connectivity index (χ2v) is 7.48. The minimum atomic E-state index is -3.66. The normalized spacial score (nSPS) is 10.7. The van der Waals surface area contributed by atoms with E-state index in [4.69, 9.17) is 4.74 Å². The van der Waals surface area contributed by atoms with Crippen molar-refractivity contribution in [1.29, 1.82) is 0 Å². The molecule has 0 fully saturated rings. The first-order valence-corrected chi connectivity index (χ1v) is 9.82. The van der Waals surface area contributed by atoms with E-state index >= 15 is 0 Å². The molecule has 0 aromatic heterocycles. The molecule has 0 unspecified atom stereocenters. The number of ether oxygens (including phenoxy) is 1. The van der Waals surface area contributed by atoms with Crippen LogP contribution in [0.2, 0.25) is 0 Å². The van der Waals surface area contributed by atoms with Crippen molar-refractivity contribution in [2.24, 2.45) is 0 Å². The number of para-hydroxylation sites is 1. The fourth-order valence-corrected chi connectivity index (χ4v) is 3.09. The highest BCUT2D eigenvalue weighted by Crippen LogP contribution is 2.16. The third-order valence-corrected chi connectivity index (χ3v) is 4.55. The standard InChI is InChI=1S/C18H21N3O5S/c1-14(22)20-15-6-5-7-16(12-15)21-27(24,25)11-10-19-18(23)13-26-17-8-3-2-4-9-17/h2-9,12,21H,10-11,13H2,1H3,(H,19,23)(H,20,22). The summed E-state index contributed by atoms with van der Waals surface area (Å²) in [4.78, 5) is 22.8. The molecule has 0 radical (unpaired) electrons. The number of nitrogens with one attached hydrogen (secondary N) is 3. The maximum atomic E-state index is 12.1. The zero-order valence-corrected chi connectivity index (χ0v) is 15.6. The predicted molar refractivity (Wildman–Crippen MR) is 103 cm³/mol. The molecule has 144 valence electrons. The van der Waals surface area contributed by atoms with Gasteiger partial charge in [0, 0.05) is 19.2 Å². The Bertz CT molecular complexity index is 885. The van der Waals surface area contributed by atoms with E-state index in [1.165, 1.54) is 13.0 Å². The lowest BCUT2D eigenvalue weighted by Gasteiger charge is -2.11. The summed E-state index contributed by atoms with van der Waals surface area (Å²) in [7, 11) is -3.66. The van der Waals surface area contributed by atoms with Gasteiger partial charge in [0.2, 0.25) is 15.9 Å². The van der Waals surface area contributed by atoms with Crippen LogP contribution in [0.15, 0.2) is 54.6 Å². The Morgan fingerprint density at radius 2 is 1.70 bits per heavy atom. The summed E-state index contributed by atoms with van der Waals surface area (Å²) in [5.41, 5.74) is 0.800. The zero-order valence-electron chi connectivity index (χ0n) is 14.8. The van der Waals surface area contributed by atoms with Gasteiger partial charge >= 0.3 is 0 Å². The predicted octanol–water partition coefficient (Wildman–Crippen LogP) is 1.58. The molecule has 0 saturated heterocycles. The Hall–Kier alpha value is -3.07. The summed E-state index contributed by atoms with van der Waals surface area (Å²) in [5.74, 6) is -0.410. The molecule has 2 aromatic rings. The van der Waals surface area contributed by atoms with Gasteiger partial charge in [-0.05, 0) is 30.3 Å². The lowest BCUT2D eigenvalue weighted by atomic mass is 10.3. The summed E-state index contributed by atoms with van der Waals surface area (Å²) in [6.07, 6.45) is 0. The lowest BCUT2D eigenvalue weighted by molar-refractivity contribution is -0.123. The largest absolute Gasteiger partial charge is 0.484 e. The van der Waals surface area contributed by atoms with Crippen molar-refractivity contribution in [3.63, 3.8) is 0 Å². The van der Waals surface area contributed by atoms with Gasteiger partial charge in [0.25, 0.3) is 5.91 Å². The number of rotatable bonds is 9. The van der Waals surface area contributed by atoms with Gasteiger partial charge in [-0.2, -0.15) is 0 Å². The maximum absolute atomic E-state index is 12.1. The minimum Gasteiger partial charge on any atom is -0.484 e. The van der Waals surface area contributed by atoms with Crippen LogP contribution in [0.25, 0.3) is 0 Å². The van der Waals surface area contributed by atoms with Crippen LogP contribution in [0.5, 0.6) is 5.75 Å². The SMILES string of the molecule is CC(=O)Nc1cccc(NS(=O)(=O)CCNC(=O)COc2ccccc2)c1. The molecule has 2 rings (SSSR count). The first-order chi connectivity index (χ1) is 12.8. The number of amides is 2. The number of carbonyl (C=O) groups excluding carboxylic acids is 2. The first-order valence-electron chi connectivity index (χ1n) is 8.17. The van der Waals surface area contributed by atoms with Gasteiger partial charge in [0.15, 0.2) is 6.61 Å². The fraction of sp³-hybridized carbons (Fsp3) is 0.222. The quantitative estimate of drug-likeness (QED) is 0.601. The number of benzene rings is 2. The van der Waals surface area contributed by atoms with Gasteiger partial charge in [-0.3, -0.25) is 14.3 Å². The van der Waals surface area contributed by atoms with Crippen molar-refractivity contribution in [2.45, 2.75) is 6.92 Å². The van der Waals surface area contributed by atoms with E-state index in [9.17, 15) is 18.0 Å². The molecule has 27 heavy (non-hydrogen) atoms. The molecule has 0 aliphatic rings. The van der Waals surface area contributed by atoms with Crippen molar-refractivity contribution >= 4 is 33.2 Å². The van der Waals surface area contributed by atoms with E-state index in [1.807, 2.05) is 6.07 Å². The van der Waals surface area contributed by atoms with Crippen molar-refractivity contribution in [3.05, 3.63) is 54.6 Å². The van der Waals surface area contributed by atoms with Crippen LogP contribution in [0.1, 0.15) is 6.92 Å². The van der Waals surface area contributed by atoms with E-state index in [2.05, 4.69) is 15.4 Å². The van der Waals surface area contributed by atoms with Crippen LogP contribution in [-0.2, 0) is 19.6 Å². The molecule has 2 aromatic carbocycles. The van der Waals surface area contributed by atoms with Crippen LogP contribution < -0.4 is 20.1 Å². The monoisotopic (exact) mass is 391 g/mol. The third-order valence-electron chi connectivity index (χ3n) is 3.26. The van der Waals surface area contributed by atoms with E-state index in [0.29, 0.717) is 17.1 Å². The summed E-state index contributed by atoms with van der Waals surface area (Å²) < 4.78 is 31.9. The van der Waals surface area contributed by atoms with Crippen LogP contribution >= 0.6 is 0 Å². The zero-order chi connectivity index (χ0) is 19.7. The van der Waals surface area contributed by atoms with Gasteiger partial charge in [-0.15, -0.1) is 0 Å². The molecular formula is C18H21N3O5S. The summed E-state index contributed by atoms with van der Waals surface area (Å²) in [6.45, 7) is 1.11. The van der Waals surface area contributed by atoms with Crippen molar-refractivity contribution in [2.75, 3.05) is 28.9 Å². The number of anilines is 2. The molecular weight excluding hydrogens is 370 g/mol. The lowest BCUT2D eigenvalue weighted by Crippen LogP contribution is -2.34. The fourth-order valence-electron chi connectivity index (χ4n) is 2.14. The minimum absolute atomic E-state index is 0.0578. The second-order valence-electron chi connectivity index (χ2n) is 5.63. The van der Waals surface area contributed by atoms with Gasteiger partial charge in [-0.1, -0.05) is 24.3 Å². The molecule has 0 aliphatic heterocycles. The number of hydrogen-bond acceptors (Lipinski definition) is 5. The first kappa shape index (κ1) is 20.2. The van der Waals surface area contributed by atoms with Crippen molar-refractivity contribution in [1.82, 2.24) is 5.32 Å². The Morgan fingerprint density at radius 1 is 1.00 bits per heavy atom. The Balaban J connectivity index is 1.77. The molecule has 0 heterocycles. The highest BCUT2D eigenvalue weighted by molar-refractivity contribution is 7.92. The molecule has 3 N–H and O–H groups in total. The molecule has 0 aliphatic carbocycles. The van der Waals surface area contributed by atoms with Crippen molar-refractivity contribution in [3.8, 4) is 5.75 Å². The van der Waals surface area contributed by atoms with Crippen LogP contribution in [-0.4, -0.2) is 39.1 Å². The molecule has 8 nitrogen and oxygen atoms in total. The van der Waals surface area contributed by atoms with Crippen LogP contribution in [0.4, 0.5) is 11.4 Å². The average Bonchev–Trinajstić information content (AvgIpc) is 2.60. The molecule has 0 atom stereocenters. The topological polar surface area (TPSA) is 114 Å². The summed E-state index contributed by atoms with van der Waals surface area (Å²) in [5, 5.41) is 5.06. The van der Waals surface area contributed by atoms with Crippen LogP contribution in [0.3, 0.4) is 0 Å². The Morgan fingerprint density at radius 3 is 2.41 bits per heavy atom. The third kappa shape index (κ3) is 7.78. The highest BCUT2D eigenvalue weighted by atomic mass is 32.2. The molecule has 0 saturated carbocycles. The highest BCUT2D eigenvalue weighted by Gasteiger charge is 2.12.